The van der Waals surface area contributed by atoms with Crippen molar-refractivity contribution in [2.24, 2.45) is 0 Å². The first-order valence-electron chi connectivity index (χ1n) is 6.16. The summed E-state index contributed by atoms with van der Waals surface area (Å²) in [5.41, 5.74) is 4.43. The number of thiophene rings is 1. The zero-order valence-electron chi connectivity index (χ0n) is 10.6. The number of hydrogen-bond acceptors (Lipinski definition) is 1. The van der Waals surface area contributed by atoms with Crippen LogP contribution in [0.4, 0.5) is 0 Å². The van der Waals surface area contributed by atoms with Crippen molar-refractivity contribution in [3.63, 3.8) is 0 Å². The van der Waals surface area contributed by atoms with E-state index in [1.807, 2.05) is 11.3 Å². The monoisotopic (exact) mass is 232 g/mol. The lowest BCUT2D eigenvalue weighted by Gasteiger charge is -2.15. The van der Waals surface area contributed by atoms with Crippen molar-refractivity contribution in [2.75, 3.05) is 0 Å². The average Bonchev–Trinajstić information content (AvgIpc) is 2.67. The molecule has 2 aromatic rings. The van der Waals surface area contributed by atoms with Gasteiger partial charge >= 0.3 is 0 Å². The van der Waals surface area contributed by atoms with E-state index in [0.29, 0.717) is 0 Å². The Morgan fingerprint density at radius 2 is 1.75 bits per heavy atom. The minimum absolute atomic E-state index is 0.719. The minimum atomic E-state index is 0.719. The summed E-state index contributed by atoms with van der Waals surface area (Å²) in [5, 5.41) is 3.82. The number of hydrogen-bond donors (Lipinski definition) is 0. The smallest absolute Gasteiger partial charge is 0.0377 e. The molecule has 1 aromatic heterocycles. The van der Waals surface area contributed by atoms with Gasteiger partial charge in [-0.05, 0) is 60.1 Å². The summed E-state index contributed by atoms with van der Waals surface area (Å²) < 4.78 is 1.49. The first-order valence-corrected chi connectivity index (χ1v) is 7.04. The predicted octanol–water partition coefficient (Wildman–Crippen LogP) is 5.42. The van der Waals surface area contributed by atoms with Crippen LogP contribution in [0.2, 0.25) is 0 Å². The molecule has 0 N–H and O–H groups in total. The molecule has 1 heteroatoms. The molecule has 1 aromatic carbocycles. The van der Waals surface area contributed by atoms with Crippen LogP contribution >= 0.6 is 11.3 Å². The SMILES string of the molecule is CCC(CC)c1ccc(C)c2scc(C)c12. The third-order valence-corrected chi connectivity index (χ3v) is 4.79. The molecular weight excluding hydrogens is 212 g/mol. The Kier molecular flexibility index (Phi) is 3.34. The van der Waals surface area contributed by atoms with Gasteiger partial charge in [0.15, 0.2) is 0 Å². The maximum atomic E-state index is 2.34. The number of aryl methyl sites for hydroxylation is 2. The molecule has 0 radical (unpaired) electrons. The van der Waals surface area contributed by atoms with Crippen molar-refractivity contribution in [1.29, 1.82) is 0 Å². The van der Waals surface area contributed by atoms with Gasteiger partial charge < -0.3 is 0 Å². The fourth-order valence-electron chi connectivity index (χ4n) is 2.54. The van der Waals surface area contributed by atoms with E-state index in [0.717, 1.165) is 5.92 Å². The van der Waals surface area contributed by atoms with Crippen LogP contribution in [-0.4, -0.2) is 0 Å². The Morgan fingerprint density at radius 3 is 2.38 bits per heavy atom. The second-order valence-corrected chi connectivity index (χ2v) is 5.49. The van der Waals surface area contributed by atoms with Crippen molar-refractivity contribution >= 4 is 21.4 Å². The minimum Gasteiger partial charge on any atom is -0.143 e. The van der Waals surface area contributed by atoms with Crippen molar-refractivity contribution in [2.45, 2.75) is 46.5 Å². The number of rotatable bonds is 3. The van der Waals surface area contributed by atoms with Gasteiger partial charge in [-0.3, -0.25) is 0 Å². The average molecular weight is 232 g/mol. The fourth-order valence-corrected chi connectivity index (χ4v) is 3.60. The molecule has 0 bridgehead atoms. The number of fused-ring (bicyclic) bond motifs is 1. The molecule has 0 saturated heterocycles. The molecule has 2 rings (SSSR count). The molecule has 16 heavy (non-hydrogen) atoms. The fraction of sp³-hybridized carbons (Fsp3) is 0.467. The molecule has 0 amide bonds. The largest absolute Gasteiger partial charge is 0.143 e. The van der Waals surface area contributed by atoms with Crippen LogP contribution in [0.1, 0.15) is 49.3 Å². The molecule has 0 saturated carbocycles. The highest BCUT2D eigenvalue weighted by Crippen LogP contribution is 2.36. The Bertz CT molecular complexity index is 489. The van der Waals surface area contributed by atoms with Crippen molar-refractivity contribution in [1.82, 2.24) is 0 Å². The highest BCUT2D eigenvalue weighted by Gasteiger charge is 2.14. The van der Waals surface area contributed by atoms with E-state index in [1.165, 1.54) is 34.1 Å². The van der Waals surface area contributed by atoms with Crippen molar-refractivity contribution in [3.05, 3.63) is 34.2 Å². The summed E-state index contributed by atoms with van der Waals surface area (Å²) in [6.07, 6.45) is 2.48. The van der Waals surface area contributed by atoms with Gasteiger partial charge in [-0.2, -0.15) is 0 Å². The summed E-state index contributed by atoms with van der Waals surface area (Å²) >= 11 is 1.89. The van der Waals surface area contributed by atoms with Gasteiger partial charge in [-0.15, -0.1) is 11.3 Å². The lowest BCUT2D eigenvalue weighted by Crippen LogP contribution is -1.97. The molecular formula is C15H20S. The van der Waals surface area contributed by atoms with E-state index in [2.05, 4.69) is 45.2 Å². The third-order valence-electron chi connectivity index (χ3n) is 3.56. The van der Waals surface area contributed by atoms with Crippen LogP contribution in [-0.2, 0) is 0 Å². The predicted molar refractivity (Wildman–Crippen MR) is 74.6 cm³/mol. The molecule has 0 nitrogen and oxygen atoms in total. The van der Waals surface area contributed by atoms with Gasteiger partial charge in [-0.1, -0.05) is 26.0 Å². The van der Waals surface area contributed by atoms with Crippen molar-refractivity contribution < 1.29 is 0 Å². The van der Waals surface area contributed by atoms with E-state index >= 15 is 0 Å². The highest BCUT2D eigenvalue weighted by atomic mass is 32.1. The van der Waals surface area contributed by atoms with Gasteiger partial charge in [0.05, 0.1) is 0 Å². The first kappa shape index (κ1) is 11.7. The Labute approximate surface area is 102 Å². The van der Waals surface area contributed by atoms with Crippen LogP contribution in [0.15, 0.2) is 17.5 Å². The van der Waals surface area contributed by atoms with E-state index < -0.39 is 0 Å². The van der Waals surface area contributed by atoms with Gasteiger partial charge in [0.2, 0.25) is 0 Å². The van der Waals surface area contributed by atoms with Crippen LogP contribution < -0.4 is 0 Å². The summed E-state index contributed by atoms with van der Waals surface area (Å²) in [4.78, 5) is 0. The second-order valence-electron chi connectivity index (χ2n) is 4.61. The summed E-state index contributed by atoms with van der Waals surface area (Å²) in [7, 11) is 0. The van der Waals surface area contributed by atoms with Crippen LogP contribution in [0.25, 0.3) is 10.1 Å². The maximum absolute atomic E-state index is 2.34. The molecule has 0 unspecified atom stereocenters. The maximum Gasteiger partial charge on any atom is 0.0377 e. The highest BCUT2D eigenvalue weighted by molar-refractivity contribution is 7.17. The first-order chi connectivity index (χ1) is 7.69. The van der Waals surface area contributed by atoms with Gasteiger partial charge in [0.1, 0.15) is 0 Å². The standard InChI is InChI=1S/C15H20S/c1-5-12(6-2)13-8-7-10(3)15-14(13)11(4)9-16-15/h7-9,12H,5-6H2,1-4H3. The zero-order chi connectivity index (χ0) is 11.7. The lowest BCUT2D eigenvalue weighted by molar-refractivity contribution is 0.646. The quantitative estimate of drug-likeness (QED) is 0.662. The number of benzene rings is 1. The molecule has 0 atom stereocenters. The lowest BCUT2D eigenvalue weighted by atomic mass is 9.89. The van der Waals surface area contributed by atoms with E-state index in [4.69, 9.17) is 0 Å². The van der Waals surface area contributed by atoms with Crippen LogP contribution in [0.3, 0.4) is 0 Å². The Hall–Kier alpha value is -0.820. The molecule has 0 spiro atoms. The topological polar surface area (TPSA) is 0 Å². The molecule has 0 aliphatic heterocycles. The molecule has 0 aliphatic carbocycles. The molecule has 0 aliphatic rings. The van der Waals surface area contributed by atoms with E-state index in [9.17, 15) is 0 Å². The Morgan fingerprint density at radius 1 is 1.06 bits per heavy atom. The molecule has 1 heterocycles. The zero-order valence-corrected chi connectivity index (χ0v) is 11.4. The summed E-state index contributed by atoms with van der Waals surface area (Å²) in [5.74, 6) is 0.719. The van der Waals surface area contributed by atoms with E-state index in [-0.39, 0.29) is 0 Å². The van der Waals surface area contributed by atoms with Crippen molar-refractivity contribution in [3.8, 4) is 0 Å². The van der Waals surface area contributed by atoms with Crippen LogP contribution in [0, 0.1) is 13.8 Å². The second kappa shape index (κ2) is 4.58. The normalized spacial score (nSPS) is 11.6. The Balaban J connectivity index is 2.70. The molecule has 0 fully saturated rings. The third kappa shape index (κ3) is 1.78. The van der Waals surface area contributed by atoms with Crippen LogP contribution in [0.5, 0.6) is 0 Å². The van der Waals surface area contributed by atoms with Gasteiger partial charge in [-0.25, -0.2) is 0 Å². The van der Waals surface area contributed by atoms with Gasteiger partial charge in [0.25, 0.3) is 0 Å². The summed E-state index contributed by atoms with van der Waals surface area (Å²) in [6, 6.07) is 4.63. The van der Waals surface area contributed by atoms with Gasteiger partial charge in [0, 0.05) is 4.70 Å². The van der Waals surface area contributed by atoms with E-state index in [1.54, 1.807) is 5.56 Å². The molecule has 86 valence electrons. The summed E-state index contributed by atoms with van der Waals surface area (Å²) in [6.45, 7) is 9.04.